The van der Waals surface area contributed by atoms with Crippen molar-refractivity contribution < 1.29 is 0 Å². The topological polar surface area (TPSA) is 12.0 Å². The van der Waals surface area contributed by atoms with E-state index in [-0.39, 0.29) is 0 Å². The molecule has 0 heterocycles. The third-order valence-electron chi connectivity index (χ3n) is 2.48. The molecule has 1 nitrogen and oxygen atoms in total. The Morgan fingerprint density at radius 2 is 2.25 bits per heavy atom. The number of rotatable bonds is 5. The van der Waals surface area contributed by atoms with Gasteiger partial charge in [-0.25, -0.2) is 0 Å². The third-order valence-corrected chi connectivity index (χ3v) is 2.71. The normalized spacial score (nSPS) is 11.7. The fourth-order valence-electron chi connectivity index (χ4n) is 1.66. The standard InChI is InChI=1S/C14H18ClN/c1-3-5-6-10-16-14(4-2)12-8-7-9-13(15)11-12/h7-9,11,14,16H,4,6,10H2,1-2H3. The van der Waals surface area contributed by atoms with Crippen LogP contribution in [-0.2, 0) is 0 Å². The molecule has 0 aliphatic heterocycles. The summed E-state index contributed by atoms with van der Waals surface area (Å²) in [6.45, 7) is 4.96. The van der Waals surface area contributed by atoms with Crippen LogP contribution in [-0.4, -0.2) is 6.54 Å². The summed E-state index contributed by atoms with van der Waals surface area (Å²) in [7, 11) is 0. The van der Waals surface area contributed by atoms with Gasteiger partial charge in [0.1, 0.15) is 0 Å². The van der Waals surface area contributed by atoms with Crippen LogP contribution in [0.5, 0.6) is 0 Å². The summed E-state index contributed by atoms with van der Waals surface area (Å²) in [5.41, 5.74) is 1.25. The van der Waals surface area contributed by atoms with Gasteiger partial charge in [-0.1, -0.05) is 30.7 Å². The van der Waals surface area contributed by atoms with Crippen molar-refractivity contribution in [2.45, 2.75) is 32.7 Å². The molecule has 0 amide bonds. The summed E-state index contributed by atoms with van der Waals surface area (Å²) in [5.74, 6) is 5.95. The molecule has 1 N–H and O–H groups in total. The molecule has 86 valence electrons. The number of halogens is 1. The predicted octanol–water partition coefficient (Wildman–Crippen LogP) is 3.79. The van der Waals surface area contributed by atoms with Crippen molar-refractivity contribution in [2.75, 3.05) is 6.54 Å². The van der Waals surface area contributed by atoms with Crippen molar-refractivity contribution >= 4 is 11.6 Å². The van der Waals surface area contributed by atoms with Gasteiger partial charge in [-0.2, -0.15) is 0 Å². The zero-order chi connectivity index (χ0) is 11.8. The lowest BCUT2D eigenvalue weighted by Crippen LogP contribution is -2.21. The van der Waals surface area contributed by atoms with Crippen molar-refractivity contribution in [1.82, 2.24) is 5.32 Å². The molecule has 1 unspecified atom stereocenters. The lowest BCUT2D eigenvalue weighted by Gasteiger charge is -2.16. The second-order valence-electron chi connectivity index (χ2n) is 3.65. The molecular weight excluding hydrogens is 218 g/mol. The van der Waals surface area contributed by atoms with Crippen molar-refractivity contribution in [3.8, 4) is 11.8 Å². The largest absolute Gasteiger partial charge is 0.309 e. The Bertz CT molecular complexity index is 376. The first-order valence-electron chi connectivity index (χ1n) is 5.66. The monoisotopic (exact) mass is 235 g/mol. The summed E-state index contributed by atoms with van der Waals surface area (Å²) in [5, 5.41) is 4.28. The Kier molecular flexibility index (Phi) is 6.00. The molecular formula is C14H18ClN. The number of nitrogens with one attached hydrogen (secondary N) is 1. The van der Waals surface area contributed by atoms with Gasteiger partial charge in [0.2, 0.25) is 0 Å². The Hall–Kier alpha value is -0.970. The highest BCUT2D eigenvalue weighted by Crippen LogP contribution is 2.19. The predicted molar refractivity (Wildman–Crippen MR) is 70.6 cm³/mol. The maximum absolute atomic E-state index is 5.98. The van der Waals surface area contributed by atoms with Crippen LogP contribution < -0.4 is 5.32 Å². The minimum Gasteiger partial charge on any atom is -0.309 e. The van der Waals surface area contributed by atoms with E-state index in [0.29, 0.717) is 6.04 Å². The molecule has 1 atom stereocenters. The van der Waals surface area contributed by atoms with E-state index in [2.05, 4.69) is 30.1 Å². The van der Waals surface area contributed by atoms with Crippen LogP contribution in [0.3, 0.4) is 0 Å². The van der Waals surface area contributed by atoms with Crippen LogP contribution >= 0.6 is 11.6 Å². The van der Waals surface area contributed by atoms with Gasteiger partial charge in [0.05, 0.1) is 0 Å². The van der Waals surface area contributed by atoms with Gasteiger partial charge in [0, 0.05) is 24.0 Å². The highest BCUT2D eigenvalue weighted by Gasteiger charge is 2.07. The Morgan fingerprint density at radius 3 is 2.88 bits per heavy atom. The molecule has 1 rings (SSSR count). The Morgan fingerprint density at radius 1 is 1.44 bits per heavy atom. The zero-order valence-corrected chi connectivity index (χ0v) is 10.6. The number of hydrogen-bond donors (Lipinski definition) is 1. The van der Waals surface area contributed by atoms with E-state index in [1.165, 1.54) is 5.56 Å². The van der Waals surface area contributed by atoms with Gasteiger partial charge in [-0.15, -0.1) is 11.8 Å². The molecule has 0 fully saturated rings. The second kappa shape index (κ2) is 7.33. The van der Waals surface area contributed by atoms with Gasteiger partial charge in [-0.05, 0) is 31.0 Å². The third kappa shape index (κ3) is 4.26. The van der Waals surface area contributed by atoms with E-state index in [0.717, 1.165) is 24.4 Å². The van der Waals surface area contributed by atoms with E-state index in [4.69, 9.17) is 11.6 Å². The molecule has 0 aliphatic carbocycles. The molecule has 16 heavy (non-hydrogen) atoms. The molecule has 1 aromatic rings. The van der Waals surface area contributed by atoms with Crippen LogP contribution in [0.2, 0.25) is 5.02 Å². The lowest BCUT2D eigenvalue weighted by molar-refractivity contribution is 0.527. The summed E-state index contributed by atoms with van der Waals surface area (Å²) in [4.78, 5) is 0. The van der Waals surface area contributed by atoms with E-state index < -0.39 is 0 Å². The lowest BCUT2D eigenvalue weighted by atomic mass is 10.0. The smallest absolute Gasteiger partial charge is 0.0409 e. The van der Waals surface area contributed by atoms with Crippen molar-refractivity contribution in [2.24, 2.45) is 0 Å². The first-order chi connectivity index (χ1) is 7.77. The highest BCUT2D eigenvalue weighted by molar-refractivity contribution is 6.30. The van der Waals surface area contributed by atoms with Gasteiger partial charge >= 0.3 is 0 Å². The second-order valence-corrected chi connectivity index (χ2v) is 4.08. The Balaban J connectivity index is 2.55. The van der Waals surface area contributed by atoms with Crippen LogP contribution in [0.1, 0.15) is 38.3 Å². The summed E-state index contributed by atoms with van der Waals surface area (Å²) in [6.07, 6.45) is 1.95. The average Bonchev–Trinajstić information content (AvgIpc) is 2.29. The van der Waals surface area contributed by atoms with Gasteiger partial charge < -0.3 is 5.32 Å². The minimum absolute atomic E-state index is 0.373. The fraction of sp³-hybridized carbons (Fsp3) is 0.429. The SMILES string of the molecule is CC#CCCNC(CC)c1cccc(Cl)c1. The first kappa shape index (κ1) is 13.1. The van der Waals surface area contributed by atoms with Gasteiger partial charge in [0.25, 0.3) is 0 Å². The minimum atomic E-state index is 0.373. The maximum atomic E-state index is 5.98. The summed E-state index contributed by atoms with van der Waals surface area (Å²) in [6, 6.07) is 8.40. The van der Waals surface area contributed by atoms with Crippen molar-refractivity contribution in [3.05, 3.63) is 34.9 Å². The Labute approximate surface area is 103 Å². The van der Waals surface area contributed by atoms with Crippen LogP contribution in [0.15, 0.2) is 24.3 Å². The molecule has 0 aromatic heterocycles. The molecule has 1 aromatic carbocycles. The number of hydrogen-bond acceptors (Lipinski definition) is 1. The van der Waals surface area contributed by atoms with Crippen LogP contribution in [0.4, 0.5) is 0 Å². The molecule has 0 saturated heterocycles. The van der Waals surface area contributed by atoms with Crippen LogP contribution in [0, 0.1) is 11.8 Å². The molecule has 0 bridgehead atoms. The maximum Gasteiger partial charge on any atom is 0.0409 e. The average molecular weight is 236 g/mol. The quantitative estimate of drug-likeness (QED) is 0.605. The summed E-state index contributed by atoms with van der Waals surface area (Å²) >= 11 is 5.98. The number of benzene rings is 1. The van der Waals surface area contributed by atoms with Gasteiger partial charge in [-0.3, -0.25) is 0 Å². The van der Waals surface area contributed by atoms with Crippen LogP contribution in [0.25, 0.3) is 0 Å². The molecule has 0 spiro atoms. The molecule has 0 radical (unpaired) electrons. The van der Waals surface area contributed by atoms with E-state index in [9.17, 15) is 0 Å². The van der Waals surface area contributed by atoms with E-state index in [1.54, 1.807) is 0 Å². The van der Waals surface area contributed by atoms with Gasteiger partial charge in [0.15, 0.2) is 0 Å². The molecule has 2 heteroatoms. The highest BCUT2D eigenvalue weighted by atomic mass is 35.5. The first-order valence-corrected chi connectivity index (χ1v) is 6.04. The summed E-state index contributed by atoms with van der Waals surface area (Å²) < 4.78 is 0. The van der Waals surface area contributed by atoms with Crippen molar-refractivity contribution in [3.63, 3.8) is 0 Å². The van der Waals surface area contributed by atoms with E-state index in [1.807, 2.05) is 25.1 Å². The molecule has 0 aliphatic rings. The fourth-order valence-corrected chi connectivity index (χ4v) is 1.85. The zero-order valence-electron chi connectivity index (χ0n) is 9.89. The molecule has 0 saturated carbocycles. The van der Waals surface area contributed by atoms with E-state index >= 15 is 0 Å². The van der Waals surface area contributed by atoms with Crippen molar-refractivity contribution in [1.29, 1.82) is 0 Å².